The molecule has 1 fully saturated rings. The number of nitrogens with one attached hydrogen (secondary N) is 1. The van der Waals surface area contributed by atoms with E-state index in [0.29, 0.717) is 35.8 Å². The summed E-state index contributed by atoms with van der Waals surface area (Å²) in [6, 6.07) is 1.89. The molecule has 3 aromatic rings. The Labute approximate surface area is 208 Å². The number of amides is 1. The molecule has 9 nitrogen and oxygen atoms in total. The molecule has 0 radical (unpaired) electrons. The maximum atomic E-state index is 14.3. The highest BCUT2D eigenvalue weighted by Gasteiger charge is 2.22. The normalized spacial score (nSPS) is 14.3. The Morgan fingerprint density at radius 2 is 1.86 bits per heavy atom. The first-order chi connectivity index (χ1) is 17.3. The fourth-order valence-electron chi connectivity index (χ4n) is 4.18. The van der Waals surface area contributed by atoms with Crippen molar-refractivity contribution >= 4 is 11.9 Å². The first-order valence-corrected chi connectivity index (χ1v) is 12.1. The van der Waals surface area contributed by atoms with E-state index >= 15 is 0 Å². The molecule has 0 atom stereocenters. The topological polar surface area (TPSA) is 106 Å². The fraction of sp³-hybridized carbons (Fsp3) is 0.480. The van der Waals surface area contributed by atoms with E-state index < -0.39 is 23.1 Å². The van der Waals surface area contributed by atoms with Gasteiger partial charge in [-0.25, -0.2) is 18.7 Å². The third-order valence-electron chi connectivity index (χ3n) is 6.01. The molecular formula is C25H30F2N6O3. The summed E-state index contributed by atoms with van der Waals surface area (Å²) in [5.41, 5.74) is 0.116. The summed E-state index contributed by atoms with van der Waals surface area (Å²) >= 11 is 0. The largest absolute Gasteiger partial charge is 0.493 e. The number of halogens is 2. The van der Waals surface area contributed by atoms with Gasteiger partial charge in [0.15, 0.2) is 0 Å². The van der Waals surface area contributed by atoms with Crippen molar-refractivity contribution in [3.63, 3.8) is 0 Å². The minimum absolute atomic E-state index is 0.0810. The van der Waals surface area contributed by atoms with Gasteiger partial charge in [0, 0.05) is 50.6 Å². The summed E-state index contributed by atoms with van der Waals surface area (Å²) in [5.74, 6) is -0.393. The average molecular weight is 501 g/mol. The third-order valence-corrected chi connectivity index (χ3v) is 6.01. The second-order valence-corrected chi connectivity index (χ2v) is 9.22. The monoisotopic (exact) mass is 500 g/mol. The van der Waals surface area contributed by atoms with Crippen LogP contribution in [0.2, 0.25) is 0 Å². The Morgan fingerprint density at radius 3 is 2.44 bits per heavy atom. The molecule has 192 valence electrons. The highest BCUT2D eigenvalue weighted by atomic mass is 19.1. The van der Waals surface area contributed by atoms with Crippen LogP contribution in [-0.4, -0.2) is 51.8 Å². The third kappa shape index (κ3) is 6.32. The van der Waals surface area contributed by atoms with Gasteiger partial charge in [-0.15, -0.1) is 0 Å². The van der Waals surface area contributed by atoms with Crippen LogP contribution in [0, 0.1) is 24.5 Å². The predicted octanol–water partition coefficient (Wildman–Crippen LogP) is 4.33. The van der Waals surface area contributed by atoms with Gasteiger partial charge >= 0.3 is 0 Å². The van der Waals surface area contributed by atoms with Crippen molar-refractivity contribution in [2.45, 2.75) is 52.5 Å². The smallest absolute Gasteiger partial charge is 0.257 e. The SMILES string of the molecule is Cc1nc(-c2cnc(N3CCC(CCCOc4cc(F)c(C(=O)NC(C)C)c(F)c4)CC3)nc2)no1. The van der Waals surface area contributed by atoms with Crippen LogP contribution in [0.4, 0.5) is 14.7 Å². The van der Waals surface area contributed by atoms with Crippen LogP contribution in [-0.2, 0) is 0 Å². The maximum absolute atomic E-state index is 14.3. The average Bonchev–Trinajstić information content (AvgIpc) is 3.28. The molecule has 1 saturated heterocycles. The van der Waals surface area contributed by atoms with Crippen LogP contribution < -0.4 is 15.0 Å². The van der Waals surface area contributed by atoms with Gasteiger partial charge in [0.05, 0.1) is 12.2 Å². The molecule has 3 heterocycles. The number of aromatic nitrogens is 4. The van der Waals surface area contributed by atoms with E-state index in [9.17, 15) is 13.6 Å². The van der Waals surface area contributed by atoms with Crippen LogP contribution in [0.15, 0.2) is 29.0 Å². The molecule has 0 saturated carbocycles. The van der Waals surface area contributed by atoms with Gasteiger partial charge in [-0.3, -0.25) is 4.79 Å². The summed E-state index contributed by atoms with van der Waals surface area (Å²) in [6.45, 7) is 7.22. The molecule has 0 spiro atoms. The molecule has 1 amide bonds. The van der Waals surface area contributed by atoms with E-state index in [4.69, 9.17) is 9.26 Å². The lowest BCUT2D eigenvalue weighted by Gasteiger charge is -2.32. The molecule has 36 heavy (non-hydrogen) atoms. The van der Waals surface area contributed by atoms with E-state index in [0.717, 1.165) is 50.9 Å². The second kappa shape index (κ2) is 11.4. The van der Waals surface area contributed by atoms with Crippen LogP contribution >= 0.6 is 0 Å². The zero-order valence-electron chi connectivity index (χ0n) is 20.6. The Bertz CT molecular complexity index is 1150. The molecule has 4 rings (SSSR count). The highest BCUT2D eigenvalue weighted by molar-refractivity contribution is 5.95. The number of carbonyl (C=O) groups excluding carboxylic acids is 1. The van der Waals surface area contributed by atoms with Crippen LogP contribution in [0.5, 0.6) is 5.75 Å². The first kappa shape index (κ1) is 25.5. The standard InChI is InChI=1S/C25H30F2N6O3/c1-15(2)30-24(34)22-20(26)11-19(12-21(22)27)35-10-4-5-17-6-8-33(9-7-17)25-28-13-18(14-29-25)23-31-16(3)36-32-23/h11-15,17H,4-10H2,1-3H3,(H,30,34). The predicted molar refractivity (Wildman–Crippen MR) is 129 cm³/mol. The van der Waals surface area contributed by atoms with Crippen LogP contribution in [0.25, 0.3) is 11.4 Å². The Kier molecular flexibility index (Phi) is 8.07. The quantitative estimate of drug-likeness (QED) is 0.433. The molecule has 0 unspecified atom stereocenters. The molecule has 1 aliphatic heterocycles. The molecular weight excluding hydrogens is 470 g/mol. The zero-order chi connectivity index (χ0) is 25.7. The Morgan fingerprint density at radius 1 is 1.19 bits per heavy atom. The van der Waals surface area contributed by atoms with Crippen molar-refractivity contribution in [3.05, 3.63) is 47.6 Å². The van der Waals surface area contributed by atoms with Crippen molar-refractivity contribution in [2.24, 2.45) is 5.92 Å². The summed E-state index contributed by atoms with van der Waals surface area (Å²) in [7, 11) is 0. The van der Waals surface area contributed by atoms with Gasteiger partial charge in [-0.05, 0) is 45.4 Å². The molecule has 1 N–H and O–H groups in total. The maximum Gasteiger partial charge on any atom is 0.257 e. The van der Waals surface area contributed by atoms with E-state index in [2.05, 4.69) is 30.3 Å². The molecule has 0 bridgehead atoms. The lowest BCUT2D eigenvalue weighted by Crippen LogP contribution is -2.34. The number of ether oxygens (including phenoxy) is 1. The molecule has 1 aromatic carbocycles. The van der Waals surface area contributed by atoms with Gasteiger partial charge in [0.2, 0.25) is 17.7 Å². The number of rotatable bonds is 9. The summed E-state index contributed by atoms with van der Waals surface area (Å²) in [4.78, 5) is 27.2. The first-order valence-electron chi connectivity index (χ1n) is 12.1. The molecule has 1 aliphatic rings. The lowest BCUT2D eigenvalue weighted by atomic mass is 9.92. The zero-order valence-corrected chi connectivity index (χ0v) is 20.6. The highest BCUT2D eigenvalue weighted by Crippen LogP contribution is 2.26. The van der Waals surface area contributed by atoms with Crippen molar-refractivity contribution in [2.75, 3.05) is 24.6 Å². The summed E-state index contributed by atoms with van der Waals surface area (Å²) < 4.78 is 39.1. The fourth-order valence-corrected chi connectivity index (χ4v) is 4.18. The number of benzene rings is 1. The number of hydrogen-bond acceptors (Lipinski definition) is 8. The van der Waals surface area contributed by atoms with Crippen molar-refractivity contribution in [1.82, 2.24) is 25.4 Å². The summed E-state index contributed by atoms with van der Waals surface area (Å²) in [6.07, 6.45) is 7.11. The molecule has 2 aromatic heterocycles. The van der Waals surface area contributed by atoms with Gasteiger partial charge in [-0.2, -0.15) is 4.98 Å². The number of nitrogens with zero attached hydrogens (tertiary/aromatic N) is 5. The van der Waals surface area contributed by atoms with Crippen molar-refractivity contribution < 1.29 is 22.8 Å². The number of carbonyl (C=O) groups is 1. The minimum Gasteiger partial charge on any atom is -0.493 e. The number of hydrogen-bond donors (Lipinski definition) is 1. The van der Waals surface area contributed by atoms with Gasteiger partial charge in [0.25, 0.3) is 5.91 Å². The molecule has 0 aliphatic carbocycles. The lowest BCUT2D eigenvalue weighted by molar-refractivity contribution is 0.0934. The van der Waals surface area contributed by atoms with E-state index in [1.807, 2.05) is 0 Å². The van der Waals surface area contributed by atoms with Gasteiger partial charge < -0.3 is 19.5 Å². The van der Waals surface area contributed by atoms with Crippen molar-refractivity contribution in [1.29, 1.82) is 0 Å². The van der Waals surface area contributed by atoms with E-state index in [1.54, 1.807) is 33.2 Å². The van der Waals surface area contributed by atoms with Crippen LogP contribution in [0.1, 0.15) is 55.8 Å². The summed E-state index contributed by atoms with van der Waals surface area (Å²) in [5, 5.41) is 6.37. The van der Waals surface area contributed by atoms with Gasteiger partial charge in [0.1, 0.15) is 22.9 Å². The van der Waals surface area contributed by atoms with Gasteiger partial charge in [-0.1, -0.05) is 5.16 Å². The molecule has 11 heteroatoms. The second-order valence-electron chi connectivity index (χ2n) is 9.22. The number of piperidine rings is 1. The number of aryl methyl sites for hydroxylation is 1. The van der Waals surface area contributed by atoms with E-state index in [1.165, 1.54) is 0 Å². The van der Waals surface area contributed by atoms with Crippen molar-refractivity contribution in [3.8, 4) is 17.1 Å². The van der Waals surface area contributed by atoms with E-state index in [-0.39, 0.29) is 11.8 Å². The Hall–Kier alpha value is -3.63. The number of anilines is 1. The van der Waals surface area contributed by atoms with Crippen LogP contribution in [0.3, 0.4) is 0 Å². The minimum atomic E-state index is -0.932. The Balaban J connectivity index is 1.20.